The highest BCUT2D eigenvalue weighted by Crippen LogP contribution is 2.41. The third-order valence-corrected chi connectivity index (χ3v) is 6.91. The highest BCUT2D eigenvalue weighted by atomic mass is 16.2. The van der Waals surface area contributed by atoms with Crippen LogP contribution in [0, 0.1) is 53.4 Å². The maximum atomic E-state index is 12.2. The Hall–Kier alpha value is -3.54. The molecule has 0 N–H and O–H groups in total. The average molecular weight is 517 g/mol. The summed E-state index contributed by atoms with van der Waals surface area (Å²) in [6.07, 6.45) is 2.87. The van der Waals surface area contributed by atoms with Gasteiger partial charge in [-0.3, -0.25) is 29.2 Å². The first kappa shape index (κ1) is 30.7. The van der Waals surface area contributed by atoms with Crippen LogP contribution in [0.25, 0.3) is 0 Å². The molecule has 202 valence electrons. The van der Waals surface area contributed by atoms with Crippen LogP contribution in [0.2, 0.25) is 0 Å². The van der Waals surface area contributed by atoms with Gasteiger partial charge in [0.05, 0.1) is 0 Å². The smallest absolute Gasteiger partial charge is 0.145 e. The summed E-state index contributed by atoms with van der Waals surface area (Å²) in [6.45, 7) is 17.6. The number of hydrogen-bond acceptors (Lipinski definition) is 6. The molecule has 0 spiro atoms. The number of carbonyl (C=O) groups is 4. The van der Waals surface area contributed by atoms with Crippen molar-refractivity contribution in [3.8, 4) is 0 Å². The Labute approximate surface area is 226 Å². The topological polar surface area (TPSA) is 93.0 Å². The van der Waals surface area contributed by atoms with Gasteiger partial charge in [0.25, 0.3) is 0 Å². The van der Waals surface area contributed by atoms with Crippen molar-refractivity contribution in [2.45, 2.75) is 81.3 Å². The predicted octanol–water partition coefficient (Wildman–Crippen LogP) is 6.05. The van der Waals surface area contributed by atoms with Crippen molar-refractivity contribution in [1.29, 1.82) is 0 Å². The fourth-order valence-corrected chi connectivity index (χ4v) is 5.29. The normalized spacial score (nSPS) is 13.5. The van der Waals surface area contributed by atoms with Crippen LogP contribution >= 0.6 is 0 Å². The van der Waals surface area contributed by atoms with Gasteiger partial charge in [-0.05, 0) is 103 Å². The summed E-state index contributed by atoms with van der Waals surface area (Å²) in [7, 11) is 0. The van der Waals surface area contributed by atoms with E-state index < -0.39 is 23.9 Å². The van der Waals surface area contributed by atoms with Crippen LogP contribution in [0.15, 0.2) is 34.3 Å². The lowest BCUT2D eigenvalue weighted by molar-refractivity contribution is -0.129. The van der Waals surface area contributed by atoms with E-state index in [4.69, 9.17) is 9.98 Å². The summed E-state index contributed by atoms with van der Waals surface area (Å²) in [6, 6.07) is 7.08. The van der Waals surface area contributed by atoms with Gasteiger partial charge in [-0.25, -0.2) is 0 Å². The van der Waals surface area contributed by atoms with E-state index in [-0.39, 0.29) is 23.1 Å². The third-order valence-electron chi connectivity index (χ3n) is 6.91. The molecule has 0 saturated heterocycles. The van der Waals surface area contributed by atoms with Crippen LogP contribution in [0.5, 0.6) is 0 Å². The average Bonchev–Trinajstić information content (AvgIpc) is 2.74. The zero-order valence-corrected chi connectivity index (χ0v) is 24.3. The van der Waals surface area contributed by atoms with E-state index in [0.29, 0.717) is 0 Å². The minimum Gasteiger partial charge on any atom is -0.299 e. The first-order chi connectivity index (χ1) is 17.6. The molecule has 2 aromatic carbocycles. The van der Waals surface area contributed by atoms with Crippen LogP contribution in [0.3, 0.4) is 0 Å². The van der Waals surface area contributed by atoms with Crippen molar-refractivity contribution in [2.24, 2.45) is 21.8 Å². The van der Waals surface area contributed by atoms with Crippen molar-refractivity contribution < 1.29 is 19.2 Å². The quantitative estimate of drug-likeness (QED) is 0.268. The van der Waals surface area contributed by atoms with E-state index in [2.05, 4.69) is 24.3 Å². The molecule has 6 nitrogen and oxygen atoms in total. The maximum absolute atomic E-state index is 12.2. The van der Waals surface area contributed by atoms with Crippen LogP contribution < -0.4 is 0 Å². The van der Waals surface area contributed by atoms with Gasteiger partial charge in [0.2, 0.25) is 0 Å². The molecule has 38 heavy (non-hydrogen) atoms. The number of rotatable bonds is 11. The minimum absolute atomic E-state index is 0.284. The van der Waals surface area contributed by atoms with Crippen molar-refractivity contribution in [2.75, 3.05) is 0 Å². The van der Waals surface area contributed by atoms with Crippen molar-refractivity contribution in [3.05, 3.63) is 68.8 Å². The van der Waals surface area contributed by atoms with Gasteiger partial charge >= 0.3 is 0 Å². The van der Waals surface area contributed by atoms with Gasteiger partial charge in [-0.1, -0.05) is 35.4 Å². The van der Waals surface area contributed by atoms with Crippen molar-refractivity contribution >= 4 is 35.6 Å². The van der Waals surface area contributed by atoms with E-state index >= 15 is 0 Å². The zero-order chi connectivity index (χ0) is 28.9. The van der Waals surface area contributed by atoms with E-state index in [9.17, 15) is 19.2 Å². The summed E-state index contributed by atoms with van der Waals surface area (Å²) < 4.78 is 0. The molecule has 0 aliphatic carbocycles. The largest absolute Gasteiger partial charge is 0.299 e. The van der Waals surface area contributed by atoms with Crippen LogP contribution in [0.4, 0.5) is 0 Å². The molecule has 0 heterocycles. The molecule has 6 heteroatoms. The fourth-order valence-electron chi connectivity index (χ4n) is 5.29. The molecule has 0 bridgehead atoms. The van der Waals surface area contributed by atoms with E-state index in [1.54, 1.807) is 0 Å². The Balaban J connectivity index is 2.95. The number of carbonyl (C=O) groups excluding carboxylic acids is 4. The number of nitrogens with zero attached hydrogens (tertiary/aromatic N) is 2. The molecule has 0 unspecified atom stereocenters. The molecular formula is C32H40N2O4. The SMILES string of the molecule is CC(=O)C(C=N[C@@H](c1c(C)cc(C)cc1C)[C@@H](N=CC(C(C)=O)C(C)=O)c1c(C)cc(C)cc1C)C(C)=O. The van der Waals surface area contributed by atoms with E-state index in [1.165, 1.54) is 40.1 Å². The molecular weight excluding hydrogens is 476 g/mol. The summed E-state index contributed by atoms with van der Waals surface area (Å²) in [4.78, 5) is 58.8. The predicted molar refractivity (Wildman–Crippen MR) is 153 cm³/mol. The summed E-state index contributed by atoms with van der Waals surface area (Å²) in [5, 5.41) is 0. The van der Waals surface area contributed by atoms with Gasteiger partial charge < -0.3 is 0 Å². The summed E-state index contributed by atoms with van der Waals surface area (Å²) in [5.74, 6) is -3.06. The Morgan fingerprint density at radius 1 is 0.526 bits per heavy atom. The molecule has 0 aliphatic rings. The molecule has 0 aromatic heterocycles. The number of benzene rings is 2. The lowest BCUT2D eigenvalue weighted by Gasteiger charge is -2.28. The Morgan fingerprint density at radius 3 is 0.974 bits per heavy atom. The molecule has 0 aliphatic heterocycles. The number of aryl methyl sites for hydroxylation is 6. The first-order valence-corrected chi connectivity index (χ1v) is 12.9. The fraction of sp³-hybridized carbons (Fsp3) is 0.438. The molecule has 0 fully saturated rings. The van der Waals surface area contributed by atoms with Gasteiger partial charge in [-0.15, -0.1) is 0 Å². The van der Waals surface area contributed by atoms with Crippen molar-refractivity contribution in [3.63, 3.8) is 0 Å². The molecule has 0 amide bonds. The number of ketones is 4. The monoisotopic (exact) mass is 516 g/mol. The zero-order valence-electron chi connectivity index (χ0n) is 24.3. The Bertz CT molecular complexity index is 1140. The van der Waals surface area contributed by atoms with E-state index in [1.807, 2.05) is 41.5 Å². The van der Waals surface area contributed by atoms with Crippen LogP contribution in [-0.4, -0.2) is 35.6 Å². The van der Waals surface area contributed by atoms with Gasteiger partial charge in [0.15, 0.2) is 0 Å². The third kappa shape index (κ3) is 7.27. The summed E-state index contributed by atoms with van der Waals surface area (Å²) in [5.41, 5.74) is 8.09. The number of Topliss-reactive ketones (excluding diaryl/α,β-unsaturated/α-hetero) is 4. The Morgan fingerprint density at radius 2 is 0.763 bits per heavy atom. The molecule has 2 atom stereocenters. The lowest BCUT2D eigenvalue weighted by atomic mass is 9.84. The Kier molecular flexibility index (Phi) is 10.3. The second-order valence-corrected chi connectivity index (χ2v) is 10.5. The first-order valence-electron chi connectivity index (χ1n) is 12.9. The van der Waals surface area contributed by atoms with Gasteiger partial charge in [-0.2, -0.15) is 0 Å². The summed E-state index contributed by atoms with van der Waals surface area (Å²) >= 11 is 0. The molecule has 0 saturated carbocycles. The van der Waals surface area contributed by atoms with Gasteiger partial charge in [0, 0.05) is 12.4 Å². The van der Waals surface area contributed by atoms with Crippen LogP contribution in [0.1, 0.15) is 84.3 Å². The van der Waals surface area contributed by atoms with E-state index in [0.717, 1.165) is 44.5 Å². The maximum Gasteiger partial charge on any atom is 0.145 e. The standard InChI is InChI=1S/C32H40N2O4/c1-17-11-19(3)29(20(4)12-17)31(33-15-27(23(7)35)24(8)36)32(34-16-28(25(9)37)26(10)38)30-21(5)13-18(2)14-22(30)6/h11-16,27-28,31-32H,1-10H3/t31-,32-/m0/s1. The van der Waals surface area contributed by atoms with Crippen molar-refractivity contribution in [1.82, 2.24) is 0 Å². The molecule has 2 rings (SSSR count). The minimum atomic E-state index is -0.962. The second-order valence-electron chi connectivity index (χ2n) is 10.5. The molecule has 2 aromatic rings. The number of aliphatic imine (C=N–C) groups is 2. The number of hydrogen-bond donors (Lipinski definition) is 0. The molecule has 0 radical (unpaired) electrons. The van der Waals surface area contributed by atoms with Crippen LogP contribution in [-0.2, 0) is 19.2 Å². The highest BCUT2D eigenvalue weighted by molar-refractivity contribution is 6.13. The lowest BCUT2D eigenvalue weighted by Crippen LogP contribution is -2.23. The second kappa shape index (κ2) is 12.8. The van der Waals surface area contributed by atoms with Gasteiger partial charge in [0.1, 0.15) is 47.1 Å². The highest BCUT2D eigenvalue weighted by Gasteiger charge is 2.31.